The highest BCUT2D eigenvalue weighted by atomic mass is 35.5. The molecule has 8 heteroatoms. The van der Waals surface area contributed by atoms with E-state index >= 15 is 0 Å². The van der Waals surface area contributed by atoms with Crippen LogP contribution in [0.1, 0.15) is 5.69 Å². The number of nitrogens with zero attached hydrogens (tertiary/aromatic N) is 2. The summed E-state index contributed by atoms with van der Waals surface area (Å²) in [5.41, 5.74) is 1.93. The molecule has 2 heterocycles. The van der Waals surface area contributed by atoms with Crippen molar-refractivity contribution < 1.29 is 21.8 Å². The van der Waals surface area contributed by atoms with Crippen LogP contribution in [0.3, 0.4) is 0 Å². The fourth-order valence-corrected chi connectivity index (χ4v) is 1.54. The molecule has 18 heavy (non-hydrogen) atoms. The zero-order valence-electron chi connectivity index (χ0n) is 9.67. The Morgan fingerprint density at radius 1 is 1.17 bits per heavy atom. The second-order valence-corrected chi connectivity index (χ2v) is 4.00. The van der Waals surface area contributed by atoms with Gasteiger partial charge in [-0.2, -0.15) is 0 Å². The van der Waals surface area contributed by atoms with E-state index in [0.29, 0.717) is 0 Å². The predicted molar refractivity (Wildman–Crippen MR) is 62.9 cm³/mol. The van der Waals surface area contributed by atoms with Crippen LogP contribution in [0.5, 0.6) is 0 Å². The molecule has 0 saturated carbocycles. The maximum absolute atomic E-state index is 9.75. The molecule has 0 aromatic carbocycles. The van der Waals surface area contributed by atoms with E-state index in [9.17, 15) is 17.3 Å². The third kappa shape index (κ3) is 4.48. The van der Waals surface area contributed by atoms with Crippen molar-refractivity contribution in [1.29, 1.82) is 0 Å². The molecule has 0 spiro atoms. The molecule has 0 atom stereocenters. The van der Waals surface area contributed by atoms with Crippen LogP contribution in [-0.4, -0.2) is 12.2 Å². The molecule has 98 valence electrons. The summed E-state index contributed by atoms with van der Waals surface area (Å²) in [6.07, 6.45) is 1.91. The highest BCUT2D eigenvalue weighted by Gasteiger charge is 2.20. The largest absolute Gasteiger partial charge is 0.673 e. The van der Waals surface area contributed by atoms with E-state index in [1.807, 2.05) is 42.9 Å². The number of aromatic nitrogens is 2. The van der Waals surface area contributed by atoms with Gasteiger partial charge in [-0.1, -0.05) is 11.6 Å². The van der Waals surface area contributed by atoms with E-state index in [1.165, 1.54) is 0 Å². The van der Waals surface area contributed by atoms with Gasteiger partial charge in [0.05, 0.1) is 23.7 Å². The summed E-state index contributed by atoms with van der Waals surface area (Å²) in [7, 11) is -4.04. The van der Waals surface area contributed by atoms with Crippen molar-refractivity contribution in [1.82, 2.24) is 4.98 Å². The third-order valence-corrected chi connectivity index (χ3v) is 2.38. The molecule has 0 N–H and O–H groups in total. The highest BCUT2D eigenvalue weighted by molar-refractivity contribution is 6.50. The molecule has 2 aromatic heterocycles. The Morgan fingerprint density at radius 2 is 1.72 bits per heavy atom. The van der Waals surface area contributed by atoms with Crippen molar-refractivity contribution in [2.45, 2.75) is 6.92 Å². The Bertz CT molecular complexity index is 553. The summed E-state index contributed by atoms with van der Waals surface area (Å²) >= 11 is 6.03. The summed E-state index contributed by atoms with van der Waals surface area (Å²) < 4.78 is 41.0. The number of fused-ring (bicyclic) bond motifs is 1. The molecule has 0 bridgehead atoms. The van der Waals surface area contributed by atoms with Crippen LogP contribution in [0.2, 0.25) is 5.02 Å². The van der Waals surface area contributed by atoms with E-state index in [4.69, 9.17) is 11.6 Å². The first kappa shape index (κ1) is 14.7. The molecule has 0 radical (unpaired) electrons. The summed E-state index contributed by atoms with van der Waals surface area (Å²) in [5.74, 6) is 0. The van der Waals surface area contributed by atoms with Gasteiger partial charge in [0, 0.05) is 6.92 Å². The first-order chi connectivity index (χ1) is 8.18. The van der Waals surface area contributed by atoms with Crippen molar-refractivity contribution in [3.8, 4) is 0 Å². The first-order valence-electron chi connectivity index (χ1n) is 4.97. The molecule has 2 aromatic rings. The minimum Gasteiger partial charge on any atom is -0.418 e. The predicted octanol–water partition coefficient (Wildman–Crippen LogP) is 3.32. The zero-order valence-corrected chi connectivity index (χ0v) is 10.4. The molecule has 2 nitrogen and oxygen atoms in total. The molecule has 0 saturated heterocycles. The van der Waals surface area contributed by atoms with Gasteiger partial charge in [-0.3, -0.25) is 0 Å². The van der Waals surface area contributed by atoms with Crippen LogP contribution >= 0.6 is 11.6 Å². The first-order valence-corrected chi connectivity index (χ1v) is 5.35. The van der Waals surface area contributed by atoms with Crippen LogP contribution in [0.4, 0.5) is 17.3 Å². The van der Waals surface area contributed by atoms with Crippen LogP contribution < -0.4 is 4.57 Å². The summed E-state index contributed by atoms with van der Waals surface area (Å²) in [4.78, 5) is 4.41. The summed E-state index contributed by atoms with van der Waals surface area (Å²) in [6, 6.07) is 5.84. The van der Waals surface area contributed by atoms with Gasteiger partial charge in [-0.15, -0.1) is 0 Å². The molecule has 0 aliphatic carbocycles. The van der Waals surface area contributed by atoms with E-state index in [-0.39, 0.29) is 0 Å². The monoisotopic (exact) mass is 280 g/mol. The van der Waals surface area contributed by atoms with Crippen molar-refractivity contribution in [2.24, 2.45) is 7.05 Å². The van der Waals surface area contributed by atoms with Crippen LogP contribution in [0.25, 0.3) is 11.0 Å². The maximum atomic E-state index is 9.75. The minimum absolute atomic E-state index is 0.751. The van der Waals surface area contributed by atoms with E-state index in [2.05, 4.69) is 4.98 Å². The maximum Gasteiger partial charge on any atom is 0.673 e. The van der Waals surface area contributed by atoms with E-state index in [0.717, 1.165) is 21.7 Å². The van der Waals surface area contributed by atoms with Gasteiger partial charge in [0.2, 0.25) is 0 Å². The Kier molecular flexibility index (Phi) is 4.50. The quantitative estimate of drug-likeness (QED) is 0.411. The summed E-state index contributed by atoms with van der Waals surface area (Å²) in [5, 5.41) is 1.75. The summed E-state index contributed by atoms with van der Waals surface area (Å²) in [6.45, 7) is 1.97. The number of hydrogen-bond acceptors (Lipinski definition) is 1. The van der Waals surface area contributed by atoms with Crippen molar-refractivity contribution in [2.75, 3.05) is 0 Å². The standard InChI is InChI=1S/C10H10ClN2.BF4/c1-7-3-4-8-9(11)5-6-13(2)10(8)12-7;2-1(3,4)5/h3-6H,1-2H3;/q+1;-1. The Hall–Kier alpha value is -1.37. The van der Waals surface area contributed by atoms with Crippen LogP contribution in [0.15, 0.2) is 24.4 Å². The second kappa shape index (κ2) is 5.52. The molecule has 0 unspecified atom stereocenters. The fourth-order valence-electron chi connectivity index (χ4n) is 1.34. The normalized spacial score (nSPS) is 11.1. The molecular weight excluding hydrogens is 270 g/mol. The highest BCUT2D eigenvalue weighted by Crippen LogP contribution is 2.18. The molecule has 0 aliphatic rings. The molecule has 0 fully saturated rings. The van der Waals surface area contributed by atoms with Crippen LogP contribution in [0, 0.1) is 6.92 Å². The van der Waals surface area contributed by atoms with Crippen molar-refractivity contribution in [3.63, 3.8) is 0 Å². The smallest absolute Gasteiger partial charge is 0.418 e. The van der Waals surface area contributed by atoms with Crippen molar-refractivity contribution in [3.05, 3.63) is 35.1 Å². The average molecular weight is 280 g/mol. The minimum atomic E-state index is -6.00. The van der Waals surface area contributed by atoms with Gasteiger partial charge < -0.3 is 17.3 Å². The lowest BCUT2D eigenvalue weighted by molar-refractivity contribution is -0.646. The molecule has 0 amide bonds. The van der Waals surface area contributed by atoms with Gasteiger partial charge in [0.15, 0.2) is 0 Å². The van der Waals surface area contributed by atoms with E-state index in [1.54, 1.807) is 0 Å². The SMILES string of the molecule is Cc1ccc2c(Cl)cc[n+](C)c2n1.F[B-](F)(F)F. The van der Waals surface area contributed by atoms with Gasteiger partial charge >= 0.3 is 12.9 Å². The van der Waals surface area contributed by atoms with Crippen LogP contribution in [-0.2, 0) is 7.05 Å². The molecular formula is C10H10BClF4N2. The van der Waals surface area contributed by atoms with Gasteiger partial charge in [0.25, 0.3) is 0 Å². The zero-order chi connectivity index (χ0) is 13.9. The van der Waals surface area contributed by atoms with Gasteiger partial charge in [-0.25, -0.2) is 4.57 Å². The number of rotatable bonds is 0. The number of hydrogen-bond donors (Lipinski definition) is 0. The lowest BCUT2D eigenvalue weighted by atomic mass is 10.2. The number of pyridine rings is 2. The second-order valence-electron chi connectivity index (χ2n) is 3.59. The average Bonchev–Trinajstić information content (AvgIpc) is 2.21. The third-order valence-electron chi connectivity index (χ3n) is 2.05. The Balaban J connectivity index is 0.000000280. The lowest BCUT2D eigenvalue weighted by Gasteiger charge is -1.97. The number of aryl methyl sites for hydroxylation is 2. The Labute approximate surface area is 106 Å². The topological polar surface area (TPSA) is 16.8 Å². The number of halogens is 5. The fraction of sp³-hybridized carbons (Fsp3) is 0.200. The van der Waals surface area contributed by atoms with Crippen molar-refractivity contribution >= 4 is 29.9 Å². The van der Waals surface area contributed by atoms with E-state index < -0.39 is 7.25 Å². The Morgan fingerprint density at radius 3 is 2.28 bits per heavy atom. The van der Waals surface area contributed by atoms with Gasteiger partial charge in [-0.05, 0) is 23.2 Å². The molecule has 2 rings (SSSR count). The van der Waals surface area contributed by atoms with Gasteiger partial charge in [0.1, 0.15) is 5.69 Å². The molecule has 0 aliphatic heterocycles. The lowest BCUT2D eigenvalue weighted by Crippen LogP contribution is -2.29.